The molecule has 0 aromatic carbocycles. The first-order valence-electron chi connectivity index (χ1n) is 8.08. The van der Waals surface area contributed by atoms with Crippen molar-refractivity contribution in [1.82, 2.24) is 4.90 Å². The van der Waals surface area contributed by atoms with Crippen LogP contribution in [0.2, 0.25) is 0 Å². The van der Waals surface area contributed by atoms with Crippen molar-refractivity contribution in [1.29, 1.82) is 0 Å². The molecule has 20 heavy (non-hydrogen) atoms. The van der Waals surface area contributed by atoms with Gasteiger partial charge in [0.25, 0.3) is 0 Å². The number of carbonyl (C=O) groups excluding carboxylic acids is 2. The van der Waals surface area contributed by atoms with Crippen LogP contribution in [-0.4, -0.2) is 36.5 Å². The maximum atomic E-state index is 12.1. The Bertz CT molecular complexity index is 304. The van der Waals surface area contributed by atoms with Crippen molar-refractivity contribution in [2.75, 3.05) is 13.7 Å². The predicted octanol–water partition coefficient (Wildman–Crippen LogP) is 3.29. The van der Waals surface area contributed by atoms with Crippen LogP contribution in [0.3, 0.4) is 0 Å². The molecule has 0 spiro atoms. The molecule has 1 rings (SSSR count). The second kappa shape index (κ2) is 9.78. The second-order valence-corrected chi connectivity index (χ2v) is 5.64. The van der Waals surface area contributed by atoms with Crippen molar-refractivity contribution in [3.8, 4) is 0 Å². The lowest BCUT2D eigenvalue weighted by Gasteiger charge is -2.22. The average molecular weight is 283 g/mol. The lowest BCUT2D eigenvalue weighted by atomic mass is 10.1. The van der Waals surface area contributed by atoms with E-state index in [9.17, 15) is 9.59 Å². The van der Waals surface area contributed by atoms with Gasteiger partial charge in [-0.2, -0.15) is 0 Å². The molecule has 1 aliphatic heterocycles. The number of hydrogen-bond donors (Lipinski definition) is 0. The molecule has 1 aliphatic rings. The molecule has 4 nitrogen and oxygen atoms in total. The number of nitrogens with zero attached hydrogens (tertiary/aromatic N) is 1. The molecule has 0 saturated carbocycles. The maximum Gasteiger partial charge on any atom is 0.328 e. The Morgan fingerprint density at radius 3 is 2.40 bits per heavy atom. The van der Waals surface area contributed by atoms with Gasteiger partial charge >= 0.3 is 5.97 Å². The van der Waals surface area contributed by atoms with Gasteiger partial charge in [0.2, 0.25) is 5.91 Å². The Kier molecular flexibility index (Phi) is 8.31. The highest BCUT2D eigenvalue weighted by Crippen LogP contribution is 2.20. The molecular weight excluding hydrogens is 254 g/mol. The van der Waals surface area contributed by atoms with Crippen LogP contribution in [-0.2, 0) is 14.3 Å². The normalized spacial score (nSPS) is 18.3. The molecule has 0 bridgehead atoms. The zero-order valence-corrected chi connectivity index (χ0v) is 13.0. The van der Waals surface area contributed by atoms with Crippen LogP contribution < -0.4 is 0 Å². The minimum Gasteiger partial charge on any atom is -0.467 e. The first-order chi connectivity index (χ1) is 9.70. The van der Waals surface area contributed by atoms with Gasteiger partial charge in [0.1, 0.15) is 6.04 Å². The second-order valence-electron chi connectivity index (χ2n) is 5.64. The minimum atomic E-state index is -0.336. The van der Waals surface area contributed by atoms with Gasteiger partial charge in [-0.3, -0.25) is 4.79 Å². The largest absolute Gasteiger partial charge is 0.467 e. The number of hydrogen-bond acceptors (Lipinski definition) is 3. The Labute approximate surface area is 122 Å². The van der Waals surface area contributed by atoms with Gasteiger partial charge in [0, 0.05) is 13.0 Å². The Morgan fingerprint density at radius 1 is 1.10 bits per heavy atom. The molecule has 0 aromatic heterocycles. The fourth-order valence-electron chi connectivity index (χ4n) is 2.82. The molecule has 0 radical (unpaired) electrons. The first kappa shape index (κ1) is 17.0. The van der Waals surface area contributed by atoms with E-state index in [0.29, 0.717) is 13.0 Å². The third-order valence-corrected chi connectivity index (χ3v) is 4.04. The molecule has 0 aromatic rings. The zero-order valence-electron chi connectivity index (χ0n) is 13.0. The van der Waals surface area contributed by atoms with Crippen molar-refractivity contribution < 1.29 is 14.3 Å². The summed E-state index contributed by atoms with van der Waals surface area (Å²) < 4.78 is 4.76. The number of likely N-dealkylation sites (tertiary alicyclic amines) is 1. The number of rotatable bonds is 9. The first-order valence-corrected chi connectivity index (χ1v) is 8.08. The van der Waals surface area contributed by atoms with E-state index in [4.69, 9.17) is 4.74 Å². The van der Waals surface area contributed by atoms with Crippen molar-refractivity contribution in [3.05, 3.63) is 0 Å². The van der Waals surface area contributed by atoms with Crippen LogP contribution in [0.5, 0.6) is 0 Å². The molecule has 1 saturated heterocycles. The molecule has 1 heterocycles. The summed E-state index contributed by atoms with van der Waals surface area (Å²) in [6.45, 7) is 2.92. The van der Waals surface area contributed by atoms with E-state index in [1.807, 2.05) is 0 Å². The quantitative estimate of drug-likeness (QED) is 0.482. The van der Waals surface area contributed by atoms with E-state index in [0.717, 1.165) is 25.7 Å². The van der Waals surface area contributed by atoms with Crippen molar-refractivity contribution in [2.24, 2.45) is 0 Å². The highest BCUT2D eigenvalue weighted by Gasteiger charge is 2.34. The van der Waals surface area contributed by atoms with E-state index in [1.165, 1.54) is 39.2 Å². The number of esters is 1. The molecule has 1 fully saturated rings. The molecule has 4 heteroatoms. The third kappa shape index (κ3) is 5.51. The van der Waals surface area contributed by atoms with Crippen molar-refractivity contribution in [2.45, 2.75) is 77.2 Å². The van der Waals surface area contributed by atoms with Crippen molar-refractivity contribution in [3.63, 3.8) is 0 Å². The molecule has 0 N–H and O–H groups in total. The van der Waals surface area contributed by atoms with Crippen LogP contribution in [0.15, 0.2) is 0 Å². The van der Waals surface area contributed by atoms with Crippen molar-refractivity contribution >= 4 is 11.9 Å². The lowest BCUT2D eigenvalue weighted by Crippen LogP contribution is -2.40. The van der Waals surface area contributed by atoms with Gasteiger partial charge in [-0.25, -0.2) is 4.79 Å². The maximum absolute atomic E-state index is 12.1. The summed E-state index contributed by atoms with van der Waals surface area (Å²) in [5.74, 6) is -0.151. The number of carbonyl (C=O) groups is 2. The standard InChI is InChI=1S/C16H29NO3/c1-3-4-5-6-7-8-9-12-15(18)17-13-10-11-14(17)16(19)20-2/h14H,3-13H2,1-2H3. The van der Waals surface area contributed by atoms with Gasteiger partial charge in [0.15, 0.2) is 0 Å². The third-order valence-electron chi connectivity index (χ3n) is 4.04. The summed E-state index contributed by atoms with van der Waals surface area (Å²) in [7, 11) is 1.39. The summed E-state index contributed by atoms with van der Waals surface area (Å²) >= 11 is 0. The summed E-state index contributed by atoms with van der Waals surface area (Å²) in [5, 5.41) is 0. The van der Waals surface area contributed by atoms with Gasteiger partial charge in [0.05, 0.1) is 7.11 Å². The van der Waals surface area contributed by atoms with Gasteiger partial charge in [-0.05, 0) is 19.3 Å². The lowest BCUT2D eigenvalue weighted by molar-refractivity contribution is -0.151. The summed E-state index contributed by atoms with van der Waals surface area (Å²) in [4.78, 5) is 25.4. The smallest absolute Gasteiger partial charge is 0.328 e. The highest BCUT2D eigenvalue weighted by atomic mass is 16.5. The van der Waals surface area contributed by atoms with E-state index in [2.05, 4.69) is 6.92 Å². The number of amides is 1. The monoisotopic (exact) mass is 283 g/mol. The van der Waals surface area contributed by atoms with Crippen LogP contribution in [0.4, 0.5) is 0 Å². The fraction of sp³-hybridized carbons (Fsp3) is 0.875. The molecular formula is C16H29NO3. The minimum absolute atomic E-state index is 0.117. The van der Waals surface area contributed by atoms with Gasteiger partial charge in [-0.15, -0.1) is 0 Å². The topological polar surface area (TPSA) is 46.6 Å². The van der Waals surface area contributed by atoms with Gasteiger partial charge < -0.3 is 9.64 Å². The Morgan fingerprint density at radius 2 is 1.75 bits per heavy atom. The van der Waals surface area contributed by atoms with E-state index >= 15 is 0 Å². The predicted molar refractivity (Wildman–Crippen MR) is 79.4 cm³/mol. The summed E-state index contributed by atoms with van der Waals surface area (Å²) in [6, 6.07) is -0.336. The Hall–Kier alpha value is -1.06. The van der Waals surface area contributed by atoms with Crippen LogP contribution in [0.1, 0.15) is 71.1 Å². The summed E-state index contributed by atoms with van der Waals surface area (Å²) in [5.41, 5.74) is 0. The van der Waals surface area contributed by atoms with E-state index in [-0.39, 0.29) is 17.9 Å². The number of methoxy groups -OCH3 is 1. The van der Waals surface area contributed by atoms with E-state index in [1.54, 1.807) is 4.90 Å². The Balaban J connectivity index is 2.17. The molecule has 116 valence electrons. The molecule has 1 unspecified atom stereocenters. The fourth-order valence-corrected chi connectivity index (χ4v) is 2.82. The van der Waals surface area contributed by atoms with E-state index < -0.39 is 0 Å². The zero-order chi connectivity index (χ0) is 14.8. The van der Waals surface area contributed by atoms with Gasteiger partial charge in [-0.1, -0.05) is 45.4 Å². The van der Waals surface area contributed by atoms with Crippen LogP contribution >= 0.6 is 0 Å². The number of ether oxygens (including phenoxy) is 1. The molecule has 0 aliphatic carbocycles. The molecule has 1 atom stereocenters. The summed E-state index contributed by atoms with van der Waals surface area (Å²) in [6.07, 6.45) is 10.7. The average Bonchev–Trinajstić information content (AvgIpc) is 2.94. The van der Waals surface area contributed by atoms with Crippen LogP contribution in [0.25, 0.3) is 0 Å². The number of unbranched alkanes of at least 4 members (excludes halogenated alkanes) is 6. The molecule has 1 amide bonds. The SMILES string of the molecule is CCCCCCCCCC(=O)N1CCCC1C(=O)OC. The van der Waals surface area contributed by atoms with Crippen LogP contribution in [0, 0.1) is 0 Å². The highest BCUT2D eigenvalue weighted by molar-refractivity contribution is 5.85.